The maximum Gasteiger partial charge on any atom is 0.414 e. The summed E-state index contributed by atoms with van der Waals surface area (Å²) in [6.45, 7) is 5.08. The molecule has 1 amide bonds. The Labute approximate surface area is 238 Å². The molecule has 4 aromatic heterocycles. The number of carboxylic acids is 1. The molecule has 42 heavy (non-hydrogen) atoms. The summed E-state index contributed by atoms with van der Waals surface area (Å²) < 4.78 is 37.6. The van der Waals surface area contributed by atoms with Gasteiger partial charge in [0.1, 0.15) is 22.5 Å². The summed E-state index contributed by atoms with van der Waals surface area (Å²) in [7, 11) is 6.38. The molecular weight excluding hydrogens is 550 g/mol. The number of aromatic carboxylic acids is 1. The van der Waals surface area contributed by atoms with Gasteiger partial charge in [0.05, 0.1) is 33.1 Å². The van der Waals surface area contributed by atoms with Crippen molar-refractivity contribution in [3.05, 3.63) is 58.1 Å². The predicted octanol–water partition coefficient (Wildman–Crippen LogP) is 5.04. The Hall–Kier alpha value is -5.07. The van der Waals surface area contributed by atoms with Gasteiger partial charge >= 0.3 is 12.1 Å². The van der Waals surface area contributed by atoms with E-state index in [0.717, 1.165) is 11.0 Å². The lowest BCUT2D eigenvalue weighted by Crippen LogP contribution is -2.34. The van der Waals surface area contributed by atoms with Crippen molar-refractivity contribution in [2.75, 3.05) is 30.9 Å². The average molecular weight is 579 g/mol. The van der Waals surface area contributed by atoms with Crippen LogP contribution in [0, 0.1) is 11.6 Å². The third kappa shape index (κ3) is 4.56. The number of aryl methyl sites for hydroxylation is 1. The number of nitrogens with one attached hydrogen (secondary N) is 1. The monoisotopic (exact) mass is 578 g/mol. The number of fused-ring (bicyclic) bond motifs is 4. The van der Waals surface area contributed by atoms with Crippen LogP contribution in [-0.4, -0.2) is 63.4 Å². The number of carbonyl (C=O) groups excluding carboxylic acids is 1. The molecule has 0 aliphatic carbocycles. The van der Waals surface area contributed by atoms with Crippen LogP contribution in [0.1, 0.15) is 31.1 Å². The van der Waals surface area contributed by atoms with Crippen LogP contribution in [0.5, 0.6) is 0 Å². The lowest BCUT2D eigenvalue weighted by atomic mass is 10.0. The fourth-order valence-electron chi connectivity index (χ4n) is 4.96. The number of anilines is 2. The first-order valence-electron chi connectivity index (χ1n) is 12.8. The molecule has 0 aliphatic heterocycles. The number of rotatable bonds is 4. The van der Waals surface area contributed by atoms with E-state index in [0.29, 0.717) is 16.8 Å². The van der Waals surface area contributed by atoms with Gasteiger partial charge in [-0.1, -0.05) is 0 Å². The van der Waals surface area contributed by atoms with Gasteiger partial charge in [-0.25, -0.2) is 28.3 Å². The second-order valence-electron chi connectivity index (χ2n) is 11.1. The summed E-state index contributed by atoms with van der Waals surface area (Å²) in [5, 5.41) is 9.66. The highest BCUT2D eigenvalue weighted by Gasteiger charge is 2.28. The van der Waals surface area contributed by atoms with Gasteiger partial charge in [0.15, 0.2) is 11.6 Å². The fourth-order valence-corrected chi connectivity index (χ4v) is 4.96. The van der Waals surface area contributed by atoms with Crippen LogP contribution >= 0.6 is 0 Å². The van der Waals surface area contributed by atoms with Gasteiger partial charge < -0.3 is 24.3 Å². The van der Waals surface area contributed by atoms with Crippen LogP contribution in [0.15, 0.2) is 35.5 Å². The van der Waals surface area contributed by atoms with E-state index in [1.165, 1.54) is 36.3 Å². The number of amides is 1. The summed E-state index contributed by atoms with van der Waals surface area (Å²) in [6.07, 6.45) is 3.42. The zero-order valence-corrected chi connectivity index (χ0v) is 24.0. The first kappa shape index (κ1) is 28.5. The number of carboxylic acid groups (broad SMARTS) is 1. The van der Waals surface area contributed by atoms with E-state index in [2.05, 4.69) is 15.0 Å². The van der Waals surface area contributed by atoms with Gasteiger partial charge in [0.2, 0.25) is 5.43 Å². The summed E-state index contributed by atoms with van der Waals surface area (Å²) in [5.74, 6) is -3.69. The molecular formula is C29H28F2N6O5. The van der Waals surface area contributed by atoms with Crippen LogP contribution < -0.4 is 15.2 Å². The van der Waals surface area contributed by atoms with Crippen LogP contribution in [0.4, 0.5) is 25.0 Å². The van der Waals surface area contributed by atoms with Gasteiger partial charge in [-0.3, -0.25) is 9.69 Å². The minimum atomic E-state index is -1.37. The van der Waals surface area contributed by atoms with Crippen molar-refractivity contribution in [2.45, 2.75) is 26.4 Å². The van der Waals surface area contributed by atoms with Gasteiger partial charge in [-0.05, 0) is 26.8 Å². The Morgan fingerprint density at radius 1 is 1.07 bits per heavy atom. The predicted molar refractivity (Wildman–Crippen MR) is 155 cm³/mol. The Morgan fingerprint density at radius 3 is 2.38 bits per heavy atom. The number of hydrogen-bond donors (Lipinski definition) is 2. The molecule has 0 aliphatic rings. The molecule has 2 N–H and O–H groups in total. The van der Waals surface area contributed by atoms with Gasteiger partial charge in [-0.2, -0.15) is 0 Å². The highest BCUT2D eigenvalue weighted by Crippen LogP contribution is 2.43. The summed E-state index contributed by atoms with van der Waals surface area (Å²) >= 11 is 0. The number of pyridine rings is 3. The second kappa shape index (κ2) is 9.79. The second-order valence-corrected chi connectivity index (χ2v) is 11.1. The SMILES string of the molecule is CN(C)c1c(-c2cnc3c(c2)c(=O)c(C(=O)O)cn3C)cnc2[nH]c3c(N(C)C(=O)OC(C)(C)C)cc(F)c(F)c3c12. The Balaban J connectivity index is 1.81. The maximum absolute atomic E-state index is 15.6. The minimum Gasteiger partial charge on any atom is -0.477 e. The normalized spacial score (nSPS) is 11.8. The van der Waals surface area contributed by atoms with E-state index in [4.69, 9.17) is 4.74 Å². The number of halogens is 2. The molecule has 11 nitrogen and oxygen atoms in total. The number of nitrogens with zero attached hydrogens (tertiary/aromatic N) is 5. The molecule has 0 saturated heterocycles. The van der Waals surface area contributed by atoms with Gasteiger partial charge in [0.25, 0.3) is 0 Å². The molecule has 1 aromatic carbocycles. The van der Waals surface area contributed by atoms with E-state index < -0.39 is 40.3 Å². The number of benzene rings is 1. The molecule has 0 radical (unpaired) electrons. The number of aromatic nitrogens is 4. The van der Waals surface area contributed by atoms with E-state index in [9.17, 15) is 19.5 Å². The number of hydrogen-bond acceptors (Lipinski definition) is 7. The zero-order valence-electron chi connectivity index (χ0n) is 24.0. The zero-order chi connectivity index (χ0) is 30.8. The molecule has 4 heterocycles. The molecule has 0 saturated carbocycles. The highest BCUT2D eigenvalue weighted by molar-refractivity contribution is 6.19. The van der Waals surface area contributed by atoms with Crippen molar-refractivity contribution >= 4 is 56.4 Å². The first-order valence-corrected chi connectivity index (χ1v) is 12.8. The molecule has 0 atom stereocenters. The molecule has 0 fully saturated rings. The molecule has 0 unspecified atom stereocenters. The summed E-state index contributed by atoms with van der Waals surface area (Å²) in [5.41, 5.74) is -0.0358. The van der Waals surface area contributed by atoms with E-state index in [1.54, 1.807) is 46.8 Å². The molecule has 5 rings (SSSR count). The van der Waals surface area contributed by atoms with E-state index in [1.807, 2.05) is 0 Å². The Kier molecular flexibility index (Phi) is 6.63. The number of H-pyrrole nitrogens is 1. The number of ether oxygens (including phenoxy) is 1. The average Bonchev–Trinajstić information content (AvgIpc) is 3.30. The van der Waals surface area contributed by atoms with Crippen LogP contribution in [0.25, 0.3) is 44.1 Å². The van der Waals surface area contributed by atoms with Crippen LogP contribution in [0.2, 0.25) is 0 Å². The largest absolute Gasteiger partial charge is 0.477 e. The Morgan fingerprint density at radius 2 is 1.76 bits per heavy atom. The van der Waals surface area contributed by atoms with E-state index in [-0.39, 0.29) is 38.7 Å². The molecule has 0 bridgehead atoms. The summed E-state index contributed by atoms with van der Waals surface area (Å²) in [4.78, 5) is 52.1. The quantitative estimate of drug-likeness (QED) is 0.303. The molecule has 13 heteroatoms. The highest BCUT2D eigenvalue weighted by atomic mass is 19.2. The lowest BCUT2D eigenvalue weighted by Gasteiger charge is -2.25. The van der Waals surface area contributed by atoms with Crippen molar-refractivity contribution in [3.8, 4) is 11.1 Å². The third-order valence-electron chi connectivity index (χ3n) is 6.77. The van der Waals surface area contributed by atoms with Crippen molar-refractivity contribution in [1.82, 2.24) is 19.5 Å². The van der Waals surface area contributed by atoms with Gasteiger partial charge in [-0.15, -0.1) is 0 Å². The molecule has 218 valence electrons. The standard InChI is InChI=1S/C29H28F2N6O5/c1-29(2,3)42-28(41)37(7)18-9-17(30)21(31)19-20-23(35(4)5)15(11-32-25(20)34-22(18)19)13-8-14-24(38)16(27(39)40)12-36(6)26(14)33-10-13/h8-12H,1-7H3,(H,32,34)(H,39,40). The van der Waals surface area contributed by atoms with Crippen molar-refractivity contribution in [1.29, 1.82) is 0 Å². The molecule has 5 aromatic rings. The minimum absolute atomic E-state index is 0.0412. The molecule has 0 spiro atoms. The van der Waals surface area contributed by atoms with Crippen LogP contribution in [-0.2, 0) is 11.8 Å². The topological polar surface area (TPSA) is 134 Å². The number of aromatic amines is 1. The van der Waals surface area contributed by atoms with Crippen molar-refractivity contribution < 1.29 is 28.2 Å². The fraction of sp³-hybridized carbons (Fsp3) is 0.276. The van der Waals surface area contributed by atoms with E-state index >= 15 is 8.78 Å². The van der Waals surface area contributed by atoms with Gasteiger partial charge in [0, 0.05) is 64.0 Å². The smallest absolute Gasteiger partial charge is 0.414 e. The summed E-state index contributed by atoms with van der Waals surface area (Å²) in [6, 6.07) is 2.41. The number of carbonyl (C=O) groups is 2. The maximum atomic E-state index is 15.6. The van der Waals surface area contributed by atoms with Crippen molar-refractivity contribution in [3.63, 3.8) is 0 Å². The lowest BCUT2D eigenvalue weighted by molar-refractivity contribution is 0.0588. The van der Waals surface area contributed by atoms with Crippen molar-refractivity contribution in [2.24, 2.45) is 7.05 Å². The third-order valence-corrected chi connectivity index (χ3v) is 6.77. The first-order chi connectivity index (χ1) is 19.6. The van der Waals surface area contributed by atoms with Crippen LogP contribution in [0.3, 0.4) is 0 Å². The Bertz CT molecular complexity index is 2010.